The summed E-state index contributed by atoms with van der Waals surface area (Å²) in [6, 6.07) is 29.7. The highest BCUT2D eigenvalue weighted by molar-refractivity contribution is 6.33. The summed E-state index contributed by atoms with van der Waals surface area (Å²) in [5, 5.41) is 0.531. The van der Waals surface area contributed by atoms with Gasteiger partial charge in [0.1, 0.15) is 11.5 Å². The van der Waals surface area contributed by atoms with E-state index in [1.54, 1.807) is 12.1 Å². The van der Waals surface area contributed by atoms with Crippen LogP contribution >= 0.6 is 11.6 Å². The molecule has 0 aromatic heterocycles. The molecule has 0 bridgehead atoms. The standard InChI is InChI=1S/C42H51ClO3/c1-3-5-7-9-11-13-15-31-45-38-26-21-34(22-27-38)35-23-28-39(29-24-35)46-42(44)37-25-30-40(41(43)32-37)36-19-17-33(18-20-36)16-14-12-10-8-6-4-2/h17-30,32H,3-16,31H2,1-2H3. The Balaban J connectivity index is 1.23. The summed E-state index contributed by atoms with van der Waals surface area (Å²) < 4.78 is 11.6. The van der Waals surface area contributed by atoms with Gasteiger partial charge in [-0.2, -0.15) is 0 Å². The van der Waals surface area contributed by atoms with E-state index >= 15 is 0 Å². The van der Waals surface area contributed by atoms with Crippen molar-refractivity contribution in [3.05, 3.63) is 107 Å². The molecule has 0 saturated carbocycles. The Hall–Kier alpha value is -3.56. The van der Waals surface area contributed by atoms with Gasteiger partial charge in [-0.1, -0.05) is 151 Å². The van der Waals surface area contributed by atoms with Crippen LogP contribution < -0.4 is 9.47 Å². The van der Waals surface area contributed by atoms with Gasteiger partial charge in [0.2, 0.25) is 0 Å². The van der Waals surface area contributed by atoms with E-state index in [4.69, 9.17) is 21.1 Å². The molecule has 0 aliphatic carbocycles. The molecule has 4 rings (SSSR count). The Bertz CT molecular complexity index is 1440. The van der Waals surface area contributed by atoms with Gasteiger partial charge >= 0.3 is 5.97 Å². The molecule has 0 unspecified atom stereocenters. The molecule has 4 aromatic carbocycles. The number of aryl methyl sites for hydroxylation is 1. The first kappa shape index (κ1) is 35.3. The van der Waals surface area contributed by atoms with Crippen LogP contribution in [0.15, 0.2) is 91.0 Å². The largest absolute Gasteiger partial charge is 0.494 e. The normalized spacial score (nSPS) is 11.0. The fraction of sp³-hybridized carbons (Fsp3) is 0.405. The van der Waals surface area contributed by atoms with Crippen molar-refractivity contribution in [3.8, 4) is 33.8 Å². The third-order valence-electron chi connectivity index (χ3n) is 8.56. The number of hydrogen-bond donors (Lipinski definition) is 0. The van der Waals surface area contributed by atoms with Gasteiger partial charge in [0.05, 0.1) is 12.2 Å². The molecule has 0 aliphatic rings. The van der Waals surface area contributed by atoms with Gasteiger partial charge in [0.25, 0.3) is 0 Å². The lowest BCUT2D eigenvalue weighted by Crippen LogP contribution is -2.08. The van der Waals surface area contributed by atoms with Crippen LogP contribution in [-0.4, -0.2) is 12.6 Å². The number of halogens is 1. The number of rotatable bonds is 20. The Morgan fingerprint density at radius 1 is 0.565 bits per heavy atom. The van der Waals surface area contributed by atoms with E-state index < -0.39 is 5.97 Å². The van der Waals surface area contributed by atoms with E-state index in [9.17, 15) is 4.79 Å². The lowest BCUT2D eigenvalue weighted by molar-refractivity contribution is 0.0735. The fourth-order valence-electron chi connectivity index (χ4n) is 5.71. The summed E-state index contributed by atoms with van der Waals surface area (Å²) in [5.74, 6) is 0.952. The Morgan fingerprint density at radius 2 is 1.09 bits per heavy atom. The Labute approximate surface area is 282 Å². The molecule has 0 spiro atoms. The van der Waals surface area contributed by atoms with Gasteiger partial charge in [-0.05, 0) is 77.9 Å². The molecule has 0 amide bonds. The number of benzene rings is 4. The van der Waals surface area contributed by atoms with Crippen molar-refractivity contribution in [2.45, 2.75) is 104 Å². The number of hydrogen-bond acceptors (Lipinski definition) is 3. The van der Waals surface area contributed by atoms with Gasteiger partial charge in [-0.25, -0.2) is 4.79 Å². The Kier molecular flexibility index (Phi) is 15.2. The Morgan fingerprint density at radius 3 is 1.67 bits per heavy atom. The minimum Gasteiger partial charge on any atom is -0.494 e. The van der Waals surface area contributed by atoms with Crippen LogP contribution in [0.25, 0.3) is 22.3 Å². The minimum absolute atomic E-state index is 0.421. The number of ether oxygens (including phenoxy) is 2. The van der Waals surface area contributed by atoms with Crippen molar-refractivity contribution in [2.24, 2.45) is 0 Å². The summed E-state index contributed by atoms with van der Waals surface area (Å²) in [5.41, 5.74) is 5.84. The average Bonchev–Trinajstić information content (AvgIpc) is 3.08. The maximum absolute atomic E-state index is 12.9. The second-order valence-corrected chi connectivity index (χ2v) is 12.7. The average molecular weight is 639 g/mol. The summed E-state index contributed by atoms with van der Waals surface area (Å²) in [6.45, 7) is 5.26. The molecule has 0 N–H and O–H groups in total. The molecular weight excluding hydrogens is 588 g/mol. The first-order valence-electron chi connectivity index (χ1n) is 17.5. The smallest absolute Gasteiger partial charge is 0.343 e. The van der Waals surface area contributed by atoms with Gasteiger partial charge in [0.15, 0.2) is 0 Å². The third-order valence-corrected chi connectivity index (χ3v) is 8.87. The number of carbonyl (C=O) groups excluding carboxylic acids is 1. The molecule has 0 heterocycles. The molecule has 4 heteroatoms. The quantitative estimate of drug-likeness (QED) is 0.0549. The molecule has 0 aliphatic heterocycles. The second kappa shape index (κ2) is 19.8. The summed E-state index contributed by atoms with van der Waals surface area (Å²) in [4.78, 5) is 12.9. The highest BCUT2D eigenvalue weighted by atomic mass is 35.5. The highest BCUT2D eigenvalue weighted by Crippen LogP contribution is 2.30. The molecular formula is C42H51ClO3. The van der Waals surface area contributed by atoms with Crippen LogP contribution in [0.2, 0.25) is 5.02 Å². The first-order valence-corrected chi connectivity index (χ1v) is 17.9. The third kappa shape index (κ3) is 11.7. The van der Waals surface area contributed by atoms with Crippen molar-refractivity contribution in [1.82, 2.24) is 0 Å². The number of carbonyl (C=O) groups is 1. The number of unbranched alkanes of at least 4 members (excludes halogenated alkanes) is 11. The minimum atomic E-state index is -0.432. The van der Waals surface area contributed by atoms with Crippen molar-refractivity contribution in [3.63, 3.8) is 0 Å². The van der Waals surface area contributed by atoms with E-state index in [1.807, 2.05) is 42.5 Å². The lowest BCUT2D eigenvalue weighted by Gasteiger charge is -2.10. The van der Waals surface area contributed by atoms with E-state index in [2.05, 4.69) is 50.2 Å². The fourth-order valence-corrected chi connectivity index (χ4v) is 6.00. The molecule has 46 heavy (non-hydrogen) atoms. The van der Waals surface area contributed by atoms with Crippen molar-refractivity contribution in [2.75, 3.05) is 6.61 Å². The molecule has 0 fully saturated rings. The lowest BCUT2D eigenvalue weighted by atomic mass is 10.00. The molecule has 4 aromatic rings. The van der Waals surface area contributed by atoms with Crippen LogP contribution in [-0.2, 0) is 6.42 Å². The van der Waals surface area contributed by atoms with E-state index in [1.165, 1.54) is 82.6 Å². The molecule has 0 saturated heterocycles. The summed E-state index contributed by atoms with van der Waals surface area (Å²) in [6.07, 6.45) is 17.8. The zero-order chi connectivity index (χ0) is 32.4. The molecule has 3 nitrogen and oxygen atoms in total. The van der Waals surface area contributed by atoms with Crippen molar-refractivity contribution < 1.29 is 14.3 Å². The van der Waals surface area contributed by atoms with Crippen molar-refractivity contribution in [1.29, 1.82) is 0 Å². The predicted octanol–water partition coefficient (Wildman–Crippen LogP) is 12.9. The maximum atomic E-state index is 12.9. The highest BCUT2D eigenvalue weighted by Gasteiger charge is 2.13. The van der Waals surface area contributed by atoms with Gasteiger partial charge in [0, 0.05) is 10.6 Å². The van der Waals surface area contributed by atoms with Crippen LogP contribution in [0.4, 0.5) is 0 Å². The van der Waals surface area contributed by atoms with Crippen LogP contribution in [0, 0.1) is 0 Å². The van der Waals surface area contributed by atoms with E-state index in [0.717, 1.165) is 47.5 Å². The van der Waals surface area contributed by atoms with Gasteiger partial charge in [-0.3, -0.25) is 0 Å². The monoisotopic (exact) mass is 638 g/mol. The van der Waals surface area contributed by atoms with Crippen LogP contribution in [0.1, 0.15) is 113 Å². The summed E-state index contributed by atoms with van der Waals surface area (Å²) in [7, 11) is 0. The second-order valence-electron chi connectivity index (χ2n) is 12.3. The maximum Gasteiger partial charge on any atom is 0.343 e. The molecule has 0 atom stereocenters. The van der Waals surface area contributed by atoms with Crippen LogP contribution in [0.5, 0.6) is 11.5 Å². The molecule has 0 radical (unpaired) electrons. The topological polar surface area (TPSA) is 35.5 Å². The SMILES string of the molecule is CCCCCCCCCOc1ccc(-c2ccc(OC(=O)c3ccc(-c4ccc(CCCCCCCC)cc4)c(Cl)c3)cc2)cc1. The van der Waals surface area contributed by atoms with Gasteiger partial charge in [-0.15, -0.1) is 0 Å². The zero-order valence-corrected chi connectivity index (χ0v) is 28.6. The zero-order valence-electron chi connectivity index (χ0n) is 27.9. The van der Waals surface area contributed by atoms with Crippen molar-refractivity contribution >= 4 is 17.6 Å². The number of esters is 1. The summed E-state index contributed by atoms with van der Waals surface area (Å²) >= 11 is 6.64. The molecule has 244 valence electrons. The predicted molar refractivity (Wildman–Crippen MR) is 194 cm³/mol. The van der Waals surface area contributed by atoms with Gasteiger partial charge < -0.3 is 9.47 Å². The first-order chi connectivity index (χ1) is 22.6. The van der Waals surface area contributed by atoms with E-state index in [0.29, 0.717) is 16.3 Å². The van der Waals surface area contributed by atoms with E-state index in [-0.39, 0.29) is 0 Å². The van der Waals surface area contributed by atoms with Crippen LogP contribution in [0.3, 0.4) is 0 Å².